The van der Waals surface area contributed by atoms with Crippen LogP contribution >= 0.6 is 0 Å². The molecule has 1 amide bonds. The fourth-order valence-electron chi connectivity index (χ4n) is 4.30. The third-order valence-electron chi connectivity index (χ3n) is 6.30. The van der Waals surface area contributed by atoms with Crippen molar-refractivity contribution in [3.8, 4) is 11.5 Å². The van der Waals surface area contributed by atoms with Crippen molar-refractivity contribution in [1.29, 1.82) is 0 Å². The zero-order valence-electron chi connectivity index (χ0n) is 20.9. The Morgan fingerprint density at radius 3 is 2.53 bits per heavy atom. The summed E-state index contributed by atoms with van der Waals surface area (Å²) in [7, 11) is 3.28. The average molecular weight is 470 g/mol. The number of carbonyl (C=O) groups excluding carboxylic acids is 1. The molecule has 3 rings (SSSR count). The van der Waals surface area contributed by atoms with Crippen molar-refractivity contribution in [1.82, 2.24) is 10.2 Å². The van der Waals surface area contributed by atoms with E-state index < -0.39 is 0 Å². The van der Waals surface area contributed by atoms with Gasteiger partial charge in [0.15, 0.2) is 11.5 Å². The van der Waals surface area contributed by atoms with Gasteiger partial charge >= 0.3 is 0 Å². The van der Waals surface area contributed by atoms with Gasteiger partial charge in [-0.15, -0.1) is 0 Å². The molecule has 1 saturated heterocycles. The van der Waals surface area contributed by atoms with E-state index in [0.717, 1.165) is 31.7 Å². The van der Waals surface area contributed by atoms with Crippen molar-refractivity contribution in [3.63, 3.8) is 0 Å². The lowest BCUT2D eigenvalue weighted by Gasteiger charge is -2.32. The van der Waals surface area contributed by atoms with Gasteiger partial charge in [0.2, 0.25) is 0 Å². The molecule has 34 heavy (non-hydrogen) atoms. The number of nitrogens with one attached hydrogen (secondary N) is 2. The molecular formula is C27H39N3O4. The highest BCUT2D eigenvalue weighted by molar-refractivity contribution is 5.95. The largest absolute Gasteiger partial charge is 0.493 e. The van der Waals surface area contributed by atoms with E-state index in [9.17, 15) is 4.79 Å². The highest BCUT2D eigenvalue weighted by Crippen LogP contribution is 2.29. The highest BCUT2D eigenvalue weighted by atomic mass is 16.5. The predicted molar refractivity (Wildman–Crippen MR) is 136 cm³/mol. The maximum absolute atomic E-state index is 13.6. The van der Waals surface area contributed by atoms with Crippen LogP contribution < -0.4 is 20.1 Å². The highest BCUT2D eigenvalue weighted by Gasteiger charge is 2.31. The summed E-state index contributed by atoms with van der Waals surface area (Å²) in [5.74, 6) is 2.05. The molecule has 0 aromatic heterocycles. The summed E-state index contributed by atoms with van der Waals surface area (Å²) < 4.78 is 16.4. The maximum atomic E-state index is 13.6. The van der Waals surface area contributed by atoms with Gasteiger partial charge in [-0.2, -0.15) is 0 Å². The quantitative estimate of drug-likeness (QED) is 0.434. The number of amides is 1. The molecule has 2 N–H and O–H groups in total. The normalized spacial score (nSPS) is 17.6. The third-order valence-corrected chi connectivity index (χ3v) is 6.30. The first-order valence-electron chi connectivity index (χ1n) is 12.1. The molecule has 0 saturated carbocycles. The number of methoxy groups -OCH3 is 2. The molecule has 7 heteroatoms. The van der Waals surface area contributed by atoms with Gasteiger partial charge in [0.1, 0.15) is 0 Å². The van der Waals surface area contributed by atoms with Crippen LogP contribution in [0.2, 0.25) is 0 Å². The number of nitrogens with zero attached hydrogens (tertiary/aromatic N) is 1. The molecule has 0 spiro atoms. The SMILES string of the molecule is COCCCOc1cc(C(=O)N(C[C@@H]2CNC[C@H]2CNc2ccccc2)C(C)C)ccc1OC. The topological polar surface area (TPSA) is 72.1 Å². The smallest absolute Gasteiger partial charge is 0.254 e. The zero-order valence-corrected chi connectivity index (χ0v) is 20.9. The summed E-state index contributed by atoms with van der Waals surface area (Å²) in [5, 5.41) is 7.06. The minimum Gasteiger partial charge on any atom is -0.493 e. The number of para-hydroxylation sites is 1. The Morgan fingerprint density at radius 1 is 1.06 bits per heavy atom. The van der Waals surface area contributed by atoms with Crippen LogP contribution in [-0.4, -0.2) is 70.5 Å². The summed E-state index contributed by atoms with van der Waals surface area (Å²) in [5.41, 5.74) is 1.74. The number of carbonyl (C=O) groups is 1. The summed E-state index contributed by atoms with van der Waals surface area (Å²) in [6, 6.07) is 15.8. The van der Waals surface area contributed by atoms with Crippen LogP contribution in [0.3, 0.4) is 0 Å². The first kappa shape index (κ1) is 25.8. The molecule has 2 aromatic carbocycles. The lowest BCUT2D eigenvalue weighted by Crippen LogP contribution is -2.42. The van der Waals surface area contributed by atoms with E-state index in [1.807, 2.05) is 29.2 Å². The van der Waals surface area contributed by atoms with E-state index in [2.05, 4.69) is 36.6 Å². The van der Waals surface area contributed by atoms with Crippen molar-refractivity contribution in [2.45, 2.75) is 26.3 Å². The molecule has 1 heterocycles. The van der Waals surface area contributed by atoms with Gasteiger partial charge in [0.25, 0.3) is 5.91 Å². The van der Waals surface area contributed by atoms with Crippen LogP contribution in [0.25, 0.3) is 0 Å². The number of ether oxygens (including phenoxy) is 3. The van der Waals surface area contributed by atoms with E-state index >= 15 is 0 Å². The summed E-state index contributed by atoms with van der Waals surface area (Å²) in [4.78, 5) is 15.5. The van der Waals surface area contributed by atoms with Gasteiger partial charge < -0.3 is 29.7 Å². The molecule has 2 atom stereocenters. The molecule has 7 nitrogen and oxygen atoms in total. The Bertz CT molecular complexity index is 891. The lowest BCUT2D eigenvalue weighted by atomic mass is 9.94. The van der Waals surface area contributed by atoms with Gasteiger partial charge in [-0.05, 0) is 56.0 Å². The maximum Gasteiger partial charge on any atom is 0.254 e. The van der Waals surface area contributed by atoms with Crippen molar-refractivity contribution >= 4 is 11.6 Å². The number of hydrogen-bond donors (Lipinski definition) is 2. The van der Waals surface area contributed by atoms with Gasteiger partial charge in [-0.1, -0.05) is 18.2 Å². The van der Waals surface area contributed by atoms with Gasteiger partial charge in [-0.25, -0.2) is 0 Å². The first-order chi connectivity index (χ1) is 16.5. The van der Waals surface area contributed by atoms with E-state index in [-0.39, 0.29) is 11.9 Å². The summed E-state index contributed by atoms with van der Waals surface area (Å²) in [6.45, 7) is 8.72. The Balaban J connectivity index is 1.67. The van der Waals surface area contributed by atoms with Gasteiger partial charge in [-0.3, -0.25) is 4.79 Å². The van der Waals surface area contributed by atoms with Crippen molar-refractivity contribution in [2.75, 3.05) is 58.9 Å². The molecular weight excluding hydrogens is 430 g/mol. The molecule has 1 fully saturated rings. The molecule has 0 aliphatic carbocycles. The first-order valence-corrected chi connectivity index (χ1v) is 12.1. The van der Waals surface area contributed by atoms with Crippen LogP contribution in [-0.2, 0) is 4.74 Å². The van der Waals surface area contributed by atoms with Crippen LogP contribution in [0.15, 0.2) is 48.5 Å². The number of benzene rings is 2. The van der Waals surface area contributed by atoms with Crippen molar-refractivity contribution in [3.05, 3.63) is 54.1 Å². The molecule has 0 radical (unpaired) electrons. The van der Waals surface area contributed by atoms with E-state index in [0.29, 0.717) is 48.7 Å². The van der Waals surface area contributed by atoms with E-state index in [4.69, 9.17) is 14.2 Å². The van der Waals surface area contributed by atoms with Crippen LogP contribution in [0.5, 0.6) is 11.5 Å². The summed E-state index contributed by atoms with van der Waals surface area (Å²) >= 11 is 0. The Hall–Kier alpha value is -2.77. The Morgan fingerprint density at radius 2 is 1.82 bits per heavy atom. The number of hydrogen-bond acceptors (Lipinski definition) is 6. The van der Waals surface area contributed by atoms with Gasteiger partial charge in [0.05, 0.1) is 13.7 Å². The second-order valence-electron chi connectivity index (χ2n) is 9.04. The monoisotopic (exact) mass is 469 g/mol. The molecule has 2 aromatic rings. The molecule has 0 unspecified atom stereocenters. The van der Waals surface area contributed by atoms with Crippen LogP contribution in [0, 0.1) is 11.8 Å². The molecule has 0 bridgehead atoms. The van der Waals surface area contributed by atoms with Crippen molar-refractivity contribution < 1.29 is 19.0 Å². The van der Waals surface area contributed by atoms with Gasteiger partial charge in [0, 0.05) is 63.6 Å². The zero-order chi connectivity index (χ0) is 24.3. The fourth-order valence-corrected chi connectivity index (χ4v) is 4.30. The summed E-state index contributed by atoms with van der Waals surface area (Å²) in [6.07, 6.45) is 0.767. The average Bonchev–Trinajstić information content (AvgIpc) is 3.31. The second-order valence-corrected chi connectivity index (χ2v) is 9.04. The fraction of sp³-hybridized carbons (Fsp3) is 0.519. The van der Waals surface area contributed by atoms with E-state index in [1.165, 1.54) is 0 Å². The Labute approximate surface area is 203 Å². The van der Waals surface area contributed by atoms with Crippen LogP contribution in [0.1, 0.15) is 30.6 Å². The van der Waals surface area contributed by atoms with E-state index in [1.54, 1.807) is 26.4 Å². The molecule has 186 valence electrons. The van der Waals surface area contributed by atoms with Crippen molar-refractivity contribution in [2.24, 2.45) is 11.8 Å². The predicted octanol–water partition coefficient (Wildman–Crippen LogP) is 3.91. The third kappa shape index (κ3) is 7.11. The number of rotatable bonds is 13. The minimum atomic E-state index is 0.0149. The lowest BCUT2D eigenvalue weighted by molar-refractivity contribution is 0.0663. The standard InChI is InChI=1S/C27H39N3O4/c1-20(2)30(19-23-17-28-16-22(23)18-29-24-9-6-5-7-10-24)27(31)21-11-12-25(33-4)26(15-21)34-14-8-13-32-3/h5-7,9-12,15,20,22-23,28-29H,8,13-14,16-19H2,1-4H3/t22-,23-/m0/s1. The molecule has 1 aliphatic rings. The second kappa shape index (κ2) is 13.2. The number of anilines is 1. The van der Waals surface area contributed by atoms with Crippen LogP contribution in [0.4, 0.5) is 5.69 Å². The minimum absolute atomic E-state index is 0.0149. The Kier molecular flexibility index (Phi) is 10.0. The molecule has 1 aliphatic heterocycles.